The van der Waals surface area contributed by atoms with Gasteiger partial charge in [-0.05, 0) is 36.2 Å². The number of nitrogens with zero attached hydrogens (tertiary/aromatic N) is 4. The van der Waals surface area contributed by atoms with Crippen LogP contribution in [0.3, 0.4) is 0 Å². The van der Waals surface area contributed by atoms with Crippen molar-refractivity contribution < 1.29 is 22.5 Å². The summed E-state index contributed by atoms with van der Waals surface area (Å²) in [6.07, 6.45) is 7.66. The minimum atomic E-state index is -2.85. The van der Waals surface area contributed by atoms with Crippen molar-refractivity contribution in [1.82, 2.24) is 20.3 Å². The van der Waals surface area contributed by atoms with Crippen molar-refractivity contribution in [3.63, 3.8) is 0 Å². The van der Waals surface area contributed by atoms with E-state index in [9.17, 15) is 13.2 Å². The molecule has 0 spiro atoms. The van der Waals surface area contributed by atoms with E-state index >= 15 is 0 Å². The largest absolute Gasteiger partial charge is 0.496 e. The second-order valence-electron chi connectivity index (χ2n) is 9.64. The third kappa shape index (κ3) is 4.59. The number of hydrazine groups is 1. The maximum absolute atomic E-state index is 14.7. The second-order valence-corrected chi connectivity index (χ2v) is 10.0. The monoisotopic (exact) mass is 521 g/mol. The zero-order chi connectivity index (χ0) is 25.7. The maximum atomic E-state index is 14.7. The number of allylic oxidation sites excluding steroid dienone is 3. The number of hydrogen-bond donors (Lipinski definition) is 2. The standard InChI is InChI=1S/C25H29ClF3N6O/c1-24-19(16-4-6-17(27)7-5-16)13-25(28,29)10-11-35(24)32-23(31-24)30-18-8-9-20(21(12-18)36-3)34-14-22(26)33(2)15-34/h4-8,12,14-15,19-20H,9-11,13H2,1-3H3,(H2,30,31,32)/q+1. The number of hydrogen-bond acceptors (Lipinski definition) is 5. The average molecular weight is 522 g/mol. The van der Waals surface area contributed by atoms with Gasteiger partial charge < -0.3 is 10.1 Å². The fourth-order valence-corrected chi connectivity index (χ4v) is 5.33. The molecule has 5 rings (SSSR count). The van der Waals surface area contributed by atoms with Gasteiger partial charge in [-0.1, -0.05) is 18.2 Å². The summed E-state index contributed by atoms with van der Waals surface area (Å²) in [7, 11) is 3.49. The fourth-order valence-electron chi connectivity index (χ4n) is 5.18. The second kappa shape index (κ2) is 9.15. The Morgan fingerprint density at radius 1 is 1.28 bits per heavy atom. The molecular weight excluding hydrogens is 493 g/mol. The Morgan fingerprint density at radius 2 is 2.03 bits per heavy atom. The van der Waals surface area contributed by atoms with Gasteiger partial charge >= 0.3 is 0 Å². The lowest BCUT2D eigenvalue weighted by atomic mass is 9.83. The average Bonchev–Trinajstić information content (AvgIpc) is 3.32. The van der Waals surface area contributed by atoms with Crippen molar-refractivity contribution in [3.05, 3.63) is 76.9 Å². The molecule has 11 heteroatoms. The van der Waals surface area contributed by atoms with Crippen LogP contribution in [0.1, 0.15) is 43.7 Å². The molecule has 2 aromatic rings. The summed E-state index contributed by atoms with van der Waals surface area (Å²) in [6, 6.07) is 5.69. The molecular formula is C25H29ClF3N6O+. The summed E-state index contributed by atoms with van der Waals surface area (Å²) < 4.78 is 52.4. The Labute approximate surface area is 212 Å². The van der Waals surface area contributed by atoms with Gasteiger partial charge in [-0.25, -0.2) is 27.3 Å². The zero-order valence-corrected chi connectivity index (χ0v) is 21.1. The summed E-state index contributed by atoms with van der Waals surface area (Å²) in [6.45, 7) is 1.95. The smallest absolute Gasteiger partial charge is 0.250 e. The van der Waals surface area contributed by atoms with Crippen molar-refractivity contribution in [1.29, 1.82) is 0 Å². The quantitative estimate of drug-likeness (QED) is 0.593. The number of imidazole rings is 1. The van der Waals surface area contributed by atoms with Gasteiger partial charge in [-0.3, -0.25) is 5.43 Å². The topological polar surface area (TPSA) is 57.7 Å². The number of methoxy groups -OCH3 is 1. The van der Waals surface area contributed by atoms with Gasteiger partial charge in [0.15, 0.2) is 6.04 Å². The summed E-state index contributed by atoms with van der Waals surface area (Å²) in [5.41, 5.74) is 3.60. The number of aryl methyl sites for hydroxylation is 1. The molecule has 0 bridgehead atoms. The van der Waals surface area contributed by atoms with Crippen molar-refractivity contribution in [2.24, 2.45) is 12.0 Å². The van der Waals surface area contributed by atoms with Gasteiger partial charge in [0.25, 0.3) is 0 Å². The predicted molar refractivity (Wildman–Crippen MR) is 130 cm³/mol. The van der Waals surface area contributed by atoms with Crippen LogP contribution in [-0.2, 0) is 11.8 Å². The lowest BCUT2D eigenvalue weighted by Crippen LogP contribution is -2.52. The summed E-state index contributed by atoms with van der Waals surface area (Å²) >= 11 is 6.21. The third-order valence-electron chi connectivity index (χ3n) is 7.21. The molecule has 1 fully saturated rings. The highest BCUT2D eigenvalue weighted by atomic mass is 35.5. The summed E-state index contributed by atoms with van der Waals surface area (Å²) in [5, 5.41) is 5.65. The lowest BCUT2D eigenvalue weighted by Gasteiger charge is -2.36. The van der Waals surface area contributed by atoms with Crippen LogP contribution in [0.15, 0.2) is 65.4 Å². The molecule has 3 atom stereocenters. The first-order valence-electron chi connectivity index (χ1n) is 11.8. The van der Waals surface area contributed by atoms with Crippen LogP contribution in [0, 0.1) is 5.82 Å². The zero-order valence-electron chi connectivity index (χ0n) is 20.3. The number of rotatable bonds is 4. The Kier molecular flexibility index (Phi) is 6.28. The number of guanidine groups is 1. The Balaban J connectivity index is 1.40. The van der Waals surface area contributed by atoms with Gasteiger partial charge in [-0.15, -0.1) is 0 Å². The molecule has 0 amide bonds. The van der Waals surface area contributed by atoms with Gasteiger partial charge in [0.1, 0.15) is 23.4 Å². The number of ether oxygens (including phenoxy) is 1. The Hall–Kier alpha value is -2.98. The van der Waals surface area contributed by atoms with Crippen molar-refractivity contribution in [2.45, 2.75) is 49.7 Å². The molecule has 1 aromatic heterocycles. The first-order valence-corrected chi connectivity index (χ1v) is 12.2. The Morgan fingerprint density at radius 3 is 2.69 bits per heavy atom. The van der Waals surface area contributed by atoms with E-state index in [-0.39, 0.29) is 25.4 Å². The molecule has 36 heavy (non-hydrogen) atoms. The van der Waals surface area contributed by atoms with Crippen molar-refractivity contribution in [3.8, 4) is 0 Å². The first kappa shape index (κ1) is 24.7. The highest BCUT2D eigenvalue weighted by molar-refractivity contribution is 6.29. The van der Waals surface area contributed by atoms with Gasteiger partial charge in [0.2, 0.25) is 23.4 Å². The predicted octanol–water partition coefficient (Wildman–Crippen LogP) is 4.16. The van der Waals surface area contributed by atoms with Gasteiger partial charge in [-0.2, -0.15) is 5.01 Å². The number of nitrogens with one attached hydrogen (secondary N) is 2. The van der Waals surface area contributed by atoms with Crippen LogP contribution in [-0.4, -0.2) is 40.8 Å². The van der Waals surface area contributed by atoms with Crippen LogP contribution in [0.4, 0.5) is 13.2 Å². The van der Waals surface area contributed by atoms with E-state index in [0.29, 0.717) is 23.1 Å². The highest BCUT2D eigenvalue weighted by Crippen LogP contribution is 2.46. The number of benzene rings is 1. The fraction of sp³-hybridized carbons (Fsp3) is 0.440. The molecule has 1 aromatic carbocycles. The van der Waals surface area contributed by atoms with E-state index in [2.05, 4.69) is 10.7 Å². The number of aromatic nitrogens is 2. The molecule has 1 saturated heterocycles. The summed E-state index contributed by atoms with van der Waals surface area (Å²) in [4.78, 5) is 4.84. The van der Waals surface area contributed by atoms with Crippen LogP contribution in [0.2, 0.25) is 5.15 Å². The number of alkyl halides is 2. The van der Waals surface area contributed by atoms with Crippen LogP contribution >= 0.6 is 11.6 Å². The highest BCUT2D eigenvalue weighted by Gasteiger charge is 2.52. The first-order chi connectivity index (χ1) is 17.1. The lowest BCUT2D eigenvalue weighted by molar-refractivity contribution is -0.716. The van der Waals surface area contributed by atoms with Gasteiger partial charge in [0, 0.05) is 43.5 Å². The number of halogens is 4. The summed E-state index contributed by atoms with van der Waals surface area (Å²) in [5.74, 6) is -2.70. The molecule has 3 heterocycles. The third-order valence-corrected chi connectivity index (χ3v) is 7.57. The molecule has 3 aliphatic rings. The van der Waals surface area contributed by atoms with E-state index in [1.165, 1.54) is 12.1 Å². The van der Waals surface area contributed by atoms with Crippen LogP contribution in [0.25, 0.3) is 0 Å². The molecule has 3 unspecified atom stereocenters. The molecule has 2 aliphatic heterocycles. The minimum Gasteiger partial charge on any atom is -0.496 e. The molecule has 1 aliphatic carbocycles. The number of aliphatic imine (C=N–C) groups is 1. The van der Waals surface area contributed by atoms with Crippen molar-refractivity contribution in [2.75, 3.05) is 13.7 Å². The molecule has 192 valence electrons. The van der Waals surface area contributed by atoms with Crippen LogP contribution in [0.5, 0.6) is 0 Å². The number of fused-ring (bicyclic) bond motifs is 1. The maximum Gasteiger partial charge on any atom is 0.250 e. The van der Waals surface area contributed by atoms with E-state index in [4.69, 9.17) is 21.3 Å². The van der Waals surface area contributed by atoms with E-state index in [1.807, 2.05) is 47.8 Å². The molecule has 0 radical (unpaired) electrons. The van der Waals surface area contributed by atoms with E-state index in [1.54, 1.807) is 24.3 Å². The minimum absolute atomic E-state index is 0.0461. The van der Waals surface area contributed by atoms with Crippen molar-refractivity contribution >= 4 is 17.6 Å². The molecule has 0 saturated carbocycles. The van der Waals surface area contributed by atoms with E-state index in [0.717, 1.165) is 11.5 Å². The SMILES string of the molecule is COC1=CC(NC2=NC3(C)C(c4ccc(F)cc4)CC(F)(F)CCN3N2)=CCC1[n+]1cc(Cl)n(C)c1. The molecule has 2 N–H and O–H groups in total. The van der Waals surface area contributed by atoms with Crippen LogP contribution < -0.4 is 15.3 Å². The van der Waals surface area contributed by atoms with E-state index < -0.39 is 23.3 Å². The van der Waals surface area contributed by atoms with Gasteiger partial charge in [0.05, 0.1) is 14.2 Å². The Bertz CT molecular complexity index is 1220. The normalized spacial score (nSPS) is 27.8. The molecule has 7 nitrogen and oxygen atoms in total.